The van der Waals surface area contributed by atoms with Crippen molar-refractivity contribution in [1.29, 1.82) is 0 Å². The smallest absolute Gasteiger partial charge is 0.190 e. The number of benzene rings is 7. The third kappa shape index (κ3) is 16.9. The average Bonchev–Trinajstić information content (AvgIpc) is 1.79. The summed E-state index contributed by atoms with van der Waals surface area (Å²) >= 11 is 0. The highest BCUT2D eigenvalue weighted by molar-refractivity contribution is 5.19. The molecule has 5 heterocycles. The molecular formula is C73H82O16. The van der Waals surface area contributed by atoms with Crippen molar-refractivity contribution in [2.45, 2.75) is 178 Å². The van der Waals surface area contributed by atoms with Crippen molar-refractivity contribution in [2.24, 2.45) is 0 Å². The molecule has 16 heteroatoms. The van der Waals surface area contributed by atoms with Crippen LogP contribution in [0.4, 0.5) is 0 Å². The second-order valence-electron chi connectivity index (χ2n) is 24.0. The van der Waals surface area contributed by atoms with E-state index in [-0.39, 0.29) is 59.5 Å². The van der Waals surface area contributed by atoms with E-state index >= 15 is 0 Å². The lowest BCUT2D eigenvalue weighted by atomic mass is 9.96. The second-order valence-corrected chi connectivity index (χ2v) is 24.0. The van der Waals surface area contributed by atoms with E-state index in [0.29, 0.717) is 6.61 Å². The molecule has 0 bridgehead atoms. The predicted molar refractivity (Wildman–Crippen MR) is 328 cm³/mol. The van der Waals surface area contributed by atoms with Gasteiger partial charge in [-0.25, -0.2) is 0 Å². The Labute approximate surface area is 522 Å². The Hall–Kier alpha value is -6.10. The van der Waals surface area contributed by atoms with Crippen LogP contribution in [-0.2, 0) is 122 Å². The van der Waals surface area contributed by atoms with Crippen LogP contribution in [0.15, 0.2) is 212 Å². The maximum atomic E-state index is 7.33. The van der Waals surface area contributed by atoms with Crippen molar-refractivity contribution in [1.82, 2.24) is 0 Å². The van der Waals surface area contributed by atoms with Crippen LogP contribution in [0.3, 0.4) is 0 Å². The van der Waals surface area contributed by atoms with Gasteiger partial charge in [-0.1, -0.05) is 212 Å². The first-order valence-electron chi connectivity index (χ1n) is 31.0. The molecule has 470 valence electrons. The molecule has 0 N–H and O–H groups in total. The summed E-state index contributed by atoms with van der Waals surface area (Å²) in [5.74, 6) is -1.86. The van der Waals surface area contributed by atoms with Gasteiger partial charge in [0.2, 0.25) is 0 Å². The van der Waals surface area contributed by atoms with Crippen molar-refractivity contribution in [3.05, 3.63) is 251 Å². The molecule has 15 unspecified atom stereocenters. The highest BCUT2D eigenvalue weighted by Crippen LogP contribution is 2.45. The van der Waals surface area contributed by atoms with Crippen LogP contribution in [0.5, 0.6) is 0 Å². The third-order valence-electron chi connectivity index (χ3n) is 16.4. The fourth-order valence-corrected chi connectivity index (χ4v) is 12.1. The summed E-state index contributed by atoms with van der Waals surface area (Å²) in [4.78, 5) is 0. The van der Waals surface area contributed by atoms with Gasteiger partial charge in [-0.3, -0.25) is 0 Å². The van der Waals surface area contributed by atoms with Gasteiger partial charge in [-0.2, -0.15) is 0 Å². The fraction of sp³-hybridized carbons (Fsp3) is 0.425. The molecule has 12 rings (SSSR count). The first kappa shape index (κ1) is 63.1. The second kappa shape index (κ2) is 30.3. The van der Waals surface area contributed by atoms with E-state index in [9.17, 15) is 0 Å². The Balaban J connectivity index is 0.905. The van der Waals surface area contributed by atoms with Crippen LogP contribution in [0.25, 0.3) is 0 Å². The Bertz CT molecular complexity index is 3170. The third-order valence-corrected chi connectivity index (χ3v) is 16.4. The molecule has 5 saturated heterocycles. The topological polar surface area (TPSA) is 148 Å². The molecule has 5 fully saturated rings. The van der Waals surface area contributed by atoms with Crippen molar-refractivity contribution >= 4 is 0 Å². The van der Waals surface area contributed by atoms with E-state index in [1.54, 1.807) is 0 Å². The van der Waals surface area contributed by atoms with Gasteiger partial charge in [-0.15, -0.1) is 0 Å². The molecule has 0 aromatic heterocycles. The normalized spacial score (nSPS) is 29.5. The zero-order chi connectivity index (χ0) is 60.8. The minimum absolute atomic E-state index is 0.0192. The Morgan fingerprint density at radius 1 is 0.270 bits per heavy atom. The molecule has 7 aromatic rings. The van der Waals surface area contributed by atoms with Gasteiger partial charge in [0.15, 0.2) is 30.4 Å². The largest absolute Gasteiger partial charge is 0.374 e. The molecule has 0 amide bonds. The fourth-order valence-electron chi connectivity index (χ4n) is 12.1. The molecule has 5 aliphatic heterocycles. The minimum Gasteiger partial charge on any atom is -0.374 e. The molecule has 0 radical (unpaired) electrons. The Morgan fingerprint density at radius 2 is 0.562 bits per heavy atom. The van der Waals surface area contributed by atoms with Crippen molar-refractivity contribution in [3.8, 4) is 0 Å². The summed E-state index contributed by atoms with van der Waals surface area (Å²) in [5.41, 5.74) is 6.76. The number of ether oxygens (including phenoxy) is 16. The first-order chi connectivity index (χ1) is 43.6. The summed E-state index contributed by atoms with van der Waals surface area (Å²) in [7, 11) is 0. The van der Waals surface area contributed by atoms with E-state index in [1.165, 1.54) is 0 Å². The Morgan fingerprint density at radius 3 is 0.944 bits per heavy atom. The monoisotopic (exact) mass is 1210 g/mol. The van der Waals surface area contributed by atoms with Crippen LogP contribution in [-0.4, -0.2) is 124 Å². The molecule has 89 heavy (non-hydrogen) atoms. The van der Waals surface area contributed by atoms with Gasteiger partial charge in [0, 0.05) is 0 Å². The number of fused-ring (bicyclic) bond motifs is 3. The quantitative estimate of drug-likeness (QED) is 0.0458. The number of rotatable bonds is 28. The first-order valence-corrected chi connectivity index (χ1v) is 31.0. The lowest BCUT2D eigenvalue weighted by Crippen LogP contribution is -2.64. The van der Waals surface area contributed by atoms with Gasteiger partial charge in [0.25, 0.3) is 0 Å². The molecule has 16 nitrogen and oxygen atoms in total. The highest BCUT2D eigenvalue weighted by atomic mass is 16.9. The van der Waals surface area contributed by atoms with Crippen LogP contribution in [0, 0.1) is 0 Å². The van der Waals surface area contributed by atoms with Crippen molar-refractivity contribution in [2.75, 3.05) is 19.8 Å². The van der Waals surface area contributed by atoms with Crippen LogP contribution in [0.2, 0.25) is 0 Å². The zero-order valence-electron chi connectivity index (χ0n) is 51.0. The summed E-state index contributed by atoms with van der Waals surface area (Å²) in [5, 5.41) is 0. The van der Waals surface area contributed by atoms with E-state index in [1.807, 2.05) is 240 Å². The highest BCUT2D eigenvalue weighted by Gasteiger charge is 2.61. The van der Waals surface area contributed by atoms with Crippen LogP contribution in [0.1, 0.15) is 66.6 Å². The SMILES string of the molecule is CC1(C)OC2OC(COC3OC(COC4OC(COCc5ccccc5)C(OCc5ccccc5)C(OCc5ccccc5)C4OCc4ccccc4)C(OCc4ccccc4)C(OCc4ccccc4)C3OCc3ccccc3)C3OC(C)(C)OC3C2O1. The van der Waals surface area contributed by atoms with Crippen molar-refractivity contribution < 1.29 is 75.8 Å². The molecule has 0 saturated carbocycles. The summed E-state index contributed by atoms with van der Waals surface area (Å²) < 4.78 is 111. The predicted octanol–water partition coefficient (Wildman–Crippen LogP) is 11.6. The van der Waals surface area contributed by atoms with E-state index < -0.39 is 104 Å². The molecule has 0 spiro atoms. The molecular weight excluding hydrogens is 1130 g/mol. The van der Waals surface area contributed by atoms with E-state index in [4.69, 9.17) is 75.8 Å². The Kier molecular flexibility index (Phi) is 21.5. The van der Waals surface area contributed by atoms with Gasteiger partial charge in [-0.05, 0) is 66.6 Å². The van der Waals surface area contributed by atoms with Gasteiger partial charge >= 0.3 is 0 Å². The lowest BCUT2D eigenvalue weighted by Gasteiger charge is -2.48. The maximum absolute atomic E-state index is 7.33. The molecule has 15 atom stereocenters. The number of hydrogen-bond acceptors (Lipinski definition) is 16. The average molecular weight is 1220 g/mol. The lowest BCUT2D eigenvalue weighted by molar-refractivity contribution is -0.356. The van der Waals surface area contributed by atoms with Gasteiger partial charge in [0.05, 0.1) is 66.1 Å². The van der Waals surface area contributed by atoms with E-state index in [0.717, 1.165) is 38.9 Å². The molecule has 0 aliphatic carbocycles. The summed E-state index contributed by atoms with van der Waals surface area (Å²) in [6.45, 7) is 9.18. The van der Waals surface area contributed by atoms with Crippen LogP contribution < -0.4 is 0 Å². The van der Waals surface area contributed by atoms with Crippen LogP contribution >= 0.6 is 0 Å². The van der Waals surface area contributed by atoms with E-state index in [2.05, 4.69) is 0 Å². The molecule has 7 aromatic carbocycles. The van der Waals surface area contributed by atoms with Crippen molar-refractivity contribution in [3.63, 3.8) is 0 Å². The molecule has 5 aliphatic rings. The minimum atomic E-state index is -1.11. The zero-order valence-corrected chi connectivity index (χ0v) is 51.0. The van der Waals surface area contributed by atoms with Gasteiger partial charge in [0.1, 0.15) is 73.2 Å². The summed E-state index contributed by atoms with van der Waals surface area (Å²) in [6, 6.07) is 70.2. The maximum Gasteiger partial charge on any atom is 0.190 e. The standard InChI is InChI=1S/C73H82O16/c1-72(2)86-62-59(85-71-68(65(62)87-72)88-73(3,4)89-71)49-82-70-67(80-46-56-38-24-11-25-39-56)64(78-44-54-34-20-9-21-35-54)61(76-42-52-30-16-7-17-31-52)58(84-70)48-81-69-66(79-45-55-36-22-10-23-37-55)63(77-43-53-32-18-8-19-33-53)60(75-41-51-28-14-6-15-29-51)57(83-69)47-74-40-50-26-12-5-13-27-50/h5-39,57-71H,40-49H2,1-4H3. The summed E-state index contributed by atoms with van der Waals surface area (Å²) in [6.07, 6.45) is -11.8. The number of hydrogen-bond donors (Lipinski definition) is 0. The van der Waals surface area contributed by atoms with Gasteiger partial charge < -0.3 is 75.8 Å².